The second-order valence-electron chi connectivity index (χ2n) is 6.84. The summed E-state index contributed by atoms with van der Waals surface area (Å²) in [7, 11) is -3.88. The second-order valence-corrected chi connectivity index (χ2v) is 8.52. The molecule has 0 aromatic heterocycles. The molecule has 1 aliphatic rings. The highest BCUT2D eigenvalue weighted by Crippen LogP contribution is 2.25. The topological polar surface area (TPSA) is 113 Å². The van der Waals surface area contributed by atoms with Crippen molar-refractivity contribution < 1.29 is 23.1 Å². The van der Waals surface area contributed by atoms with Crippen molar-refractivity contribution in [3.63, 3.8) is 0 Å². The standard InChI is InChI=1S/C20H22N2O5S/c23-19(14-5-2-1-3-6-14)21-16-9-11-18(12-10-16)28(26,27)22-17-8-4-7-15(13-17)20(24)25/h4,7-14,22H,1-3,5-6H2,(H,21,23)(H,24,25). The minimum absolute atomic E-state index is 0.0130. The van der Waals surface area contributed by atoms with Crippen LogP contribution in [0.25, 0.3) is 0 Å². The summed E-state index contributed by atoms with van der Waals surface area (Å²) in [5.74, 6) is -1.15. The highest BCUT2D eigenvalue weighted by atomic mass is 32.2. The normalized spacial score (nSPS) is 15.0. The van der Waals surface area contributed by atoms with Crippen LogP contribution in [0.2, 0.25) is 0 Å². The molecule has 2 aromatic carbocycles. The van der Waals surface area contributed by atoms with Gasteiger partial charge in [-0.25, -0.2) is 13.2 Å². The number of carbonyl (C=O) groups is 2. The largest absolute Gasteiger partial charge is 0.478 e. The summed E-state index contributed by atoms with van der Waals surface area (Å²) in [5, 5.41) is 11.9. The second kappa shape index (κ2) is 8.43. The highest BCUT2D eigenvalue weighted by molar-refractivity contribution is 7.92. The van der Waals surface area contributed by atoms with E-state index >= 15 is 0 Å². The lowest BCUT2D eigenvalue weighted by Crippen LogP contribution is -2.24. The molecule has 0 aliphatic heterocycles. The first-order valence-corrected chi connectivity index (χ1v) is 10.6. The molecule has 0 saturated heterocycles. The zero-order chi connectivity index (χ0) is 20.1. The number of rotatable bonds is 6. The maximum absolute atomic E-state index is 12.5. The summed E-state index contributed by atoms with van der Waals surface area (Å²) < 4.78 is 27.4. The van der Waals surface area contributed by atoms with Gasteiger partial charge in [-0.3, -0.25) is 9.52 Å². The van der Waals surface area contributed by atoms with Gasteiger partial charge in [-0.2, -0.15) is 0 Å². The third-order valence-electron chi connectivity index (χ3n) is 4.77. The van der Waals surface area contributed by atoms with Crippen LogP contribution in [-0.4, -0.2) is 25.4 Å². The molecule has 3 N–H and O–H groups in total. The van der Waals surface area contributed by atoms with E-state index < -0.39 is 16.0 Å². The van der Waals surface area contributed by atoms with Crippen molar-refractivity contribution in [3.8, 4) is 0 Å². The fraction of sp³-hybridized carbons (Fsp3) is 0.300. The molecular formula is C20H22N2O5S. The van der Waals surface area contributed by atoms with Crippen LogP contribution in [0, 0.1) is 5.92 Å². The van der Waals surface area contributed by atoms with Gasteiger partial charge < -0.3 is 10.4 Å². The minimum Gasteiger partial charge on any atom is -0.478 e. The quantitative estimate of drug-likeness (QED) is 0.682. The molecular weight excluding hydrogens is 380 g/mol. The van der Waals surface area contributed by atoms with Crippen molar-refractivity contribution >= 4 is 33.3 Å². The predicted octanol–water partition coefficient (Wildman–Crippen LogP) is 3.70. The Morgan fingerprint density at radius 3 is 2.25 bits per heavy atom. The maximum atomic E-state index is 12.5. The number of carboxylic acid groups (broad SMARTS) is 1. The van der Waals surface area contributed by atoms with Crippen molar-refractivity contribution in [2.24, 2.45) is 5.92 Å². The lowest BCUT2D eigenvalue weighted by atomic mass is 9.88. The summed E-state index contributed by atoms with van der Waals surface area (Å²) in [6.07, 6.45) is 5.06. The van der Waals surface area contributed by atoms with Gasteiger partial charge in [-0.05, 0) is 55.3 Å². The zero-order valence-corrected chi connectivity index (χ0v) is 16.0. The number of hydrogen-bond donors (Lipinski definition) is 3. The number of amides is 1. The van der Waals surface area contributed by atoms with Crippen molar-refractivity contribution in [1.29, 1.82) is 0 Å². The Labute approximate surface area is 163 Å². The van der Waals surface area contributed by atoms with Gasteiger partial charge in [0.25, 0.3) is 10.0 Å². The van der Waals surface area contributed by atoms with E-state index in [2.05, 4.69) is 10.0 Å². The van der Waals surface area contributed by atoms with Gasteiger partial charge in [0.2, 0.25) is 5.91 Å². The van der Waals surface area contributed by atoms with E-state index in [1.165, 1.54) is 42.8 Å². The molecule has 0 spiro atoms. The number of benzene rings is 2. The van der Waals surface area contributed by atoms with E-state index in [1.54, 1.807) is 12.1 Å². The Balaban J connectivity index is 1.68. The average molecular weight is 402 g/mol. The summed E-state index contributed by atoms with van der Waals surface area (Å²) >= 11 is 0. The average Bonchev–Trinajstić information content (AvgIpc) is 2.69. The van der Waals surface area contributed by atoms with E-state index in [1.807, 2.05) is 0 Å². The third kappa shape index (κ3) is 4.89. The fourth-order valence-electron chi connectivity index (χ4n) is 3.26. The Morgan fingerprint density at radius 1 is 0.929 bits per heavy atom. The number of hydrogen-bond acceptors (Lipinski definition) is 4. The van der Waals surface area contributed by atoms with Gasteiger partial charge in [-0.1, -0.05) is 25.3 Å². The molecule has 0 atom stereocenters. The van der Waals surface area contributed by atoms with Crippen LogP contribution in [0.4, 0.5) is 11.4 Å². The number of anilines is 2. The molecule has 3 rings (SSSR count). The van der Waals surface area contributed by atoms with Crippen molar-refractivity contribution in [3.05, 3.63) is 54.1 Å². The Bertz CT molecular complexity index is 964. The van der Waals surface area contributed by atoms with E-state index in [0.29, 0.717) is 5.69 Å². The van der Waals surface area contributed by atoms with Crippen LogP contribution in [0.1, 0.15) is 42.5 Å². The summed E-state index contributed by atoms with van der Waals surface area (Å²) in [6.45, 7) is 0. The molecule has 0 heterocycles. The Hall–Kier alpha value is -2.87. The lowest BCUT2D eigenvalue weighted by Gasteiger charge is -2.20. The van der Waals surface area contributed by atoms with E-state index in [0.717, 1.165) is 25.7 Å². The summed E-state index contributed by atoms with van der Waals surface area (Å²) in [4.78, 5) is 23.3. The number of sulfonamides is 1. The van der Waals surface area contributed by atoms with Gasteiger partial charge in [-0.15, -0.1) is 0 Å². The number of nitrogens with one attached hydrogen (secondary N) is 2. The first kappa shape index (κ1) is 19.9. The maximum Gasteiger partial charge on any atom is 0.335 e. The van der Waals surface area contributed by atoms with Gasteiger partial charge in [0.1, 0.15) is 0 Å². The molecule has 8 heteroatoms. The smallest absolute Gasteiger partial charge is 0.335 e. The summed E-state index contributed by atoms with van der Waals surface area (Å²) in [6, 6.07) is 11.5. The van der Waals surface area contributed by atoms with Gasteiger partial charge >= 0.3 is 5.97 Å². The van der Waals surface area contributed by atoms with Gasteiger partial charge in [0, 0.05) is 17.3 Å². The van der Waals surface area contributed by atoms with E-state index in [9.17, 15) is 18.0 Å². The molecule has 1 fully saturated rings. The molecule has 28 heavy (non-hydrogen) atoms. The Morgan fingerprint density at radius 2 is 1.61 bits per heavy atom. The summed E-state index contributed by atoms with van der Waals surface area (Å²) in [5.41, 5.74) is 0.693. The van der Waals surface area contributed by atoms with Gasteiger partial charge in [0.05, 0.1) is 10.5 Å². The van der Waals surface area contributed by atoms with Crippen LogP contribution in [0.5, 0.6) is 0 Å². The molecule has 0 bridgehead atoms. The van der Waals surface area contributed by atoms with Crippen LogP contribution >= 0.6 is 0 Å². The van der Waals surface area contributed by atoms with Crippen molar-refractivity contribution in [2.45, 2.75) is 37.0 Å². The van der Waals surface area contributed by atoms with E-state index in [-0.39, 0.29) is 28.0 Å². The lowest BCUT2D eigenvalue weighted by molar-refractivity contribution is -0.120. The monoisotopic (exact) mass is 402 g/mol. The first-order valence-electron chi connectivity index (χ1n) is 9.12. The SMILES string of the molecule is O=C(O)c1cccc(NS(=O)(=O)c2ccc(NC(=O)C3CCCCC3)cc2)c1. The third-order valence-corrected chi connectivity index (χ3v) is 6.17. The first-order chi connectivity index (χ1) is 13.3. The van der Waals surface area contributed by atoms with Crippen molar-refractivity contribution in [1.82, 2.24) is 0 Å². The minimum atomic E-state index is -3.88. The number of carbonyl (C=O) groups excluding carboxylic acids is 1. The number of aromatic carboxylic acids is 1. The number of carboxylic acids is 1. The highest BCUT2D eigenvalue weighted by Gasteiger charge is 2.21. The molecule has 0 radical (unpaired) electrons. The van der Waals surface area contributed by atoms with E-state index in [4.69, 9.17) is 5.11 Å². The molecule has 1 amide bonds. The molecule has 1 aliphatic carbocycles. The molecule has 1 saturated carbocycles. The van der Waals surface area contributed by atoms with Crippen LogP contribution in [0.15, 0.2) is 53.4 Å². The van der Waals surface area contributed by atoms with Crippen LogP contribution < -0.4 is 10.0 Å². The van der Waals surface area contributed by atoms with Crippen LogP contribution in [0.3, 0.4) is 0 Å². The molecule has 148 valence electrons. The molecule has 7 nitrogen and oxygen atoms in total. The van der Waals surface area contributed by atoms with Gasteiger partial charge in [0.15, 0.2) is 0 Å². The van der Waals surface area contributed by atoms with Crippen molar-refractivity contribution in [2.75, 3.05) is 10.0 Å². The zero-order valence-electron chi connectivity index (χ0n) is 15.2. The molecule has 2 aromatic rings. The predicted molar refractivity (Wildman–Crippen MR) is 106 cm³/mol. The molecule has 0 unspecified atom stereocenters. The van der Waals surface area contributed by atoms with Crippen LogP contribution in [-0.2, 0) is 14.8 Å². The fourth-order valence-corrected chi connectivity index (χ4v) is 4.31. The Kier molecular flexibility index (Phi) is 5.99.